The molecule has 0 saturated carbocycles. The maximum atomic E-state index is 12.0. The fourth-order valence-electron chi connectivity index (χ4n) is 3.09. The van der Waals surface area contributed by atoms with Crippen LogP contribution in [0.3, 0.4) is 0 Å². The van der Waals surface area contributed by atoms with Crippen molar-refractivity contribution in [2.75, 3.05) is 13.2 Å². The molecule has 0 radical (unpaired) electrons. The molecular formula is C12H20F2N2O2. The SMILES string of the molecule is NC1CC2CCC(C1)N2C(=O)CCOCC(F)F. The van der Waals surface area contributed by atoms with Crippen LogP contribution in [-0.2, 0) is 9.53 Å². The van der Waals surface area contributed by atoms with Gasteiger partial charge in [-0.15, -0.1) is 0 Å². The number of alkyl halides is 2. The number of fused-ring (bicyclic) bond motifs is 2. The molecule has 2 bridgehead atoms. The van der Waals surface area contributed by atoms with E-state index in [1.54, 1.807) is 0 Å². The van der Waals surface area contributed by atoms with Crippen molar-refractivity contribution in [3.63, 3.8) is 0 Å². The lowest BCUT2D eigenvalue weighted by Gasteiger charge is -2.37. The molecule has 0 spiro atoms. The van der Waals surface area contributed by atoms with Gasteiger partial charge < -0.3 is 15.4 Å². The Labute approximate surface area is 105 Å². The predicted molar refractivity (Wildman–Crippen MR) is 62.3 cm³/mol. The first kappa shape index (κ1) is 13.7. The van der Waals surface area contributed by atoms with Gasteiger partial charge in [0.25, 0.3) is 6.43 Å². The molecule has 4 nitrogen and oxygen atoms in total. The topological polar surface area (TPSA) is 55.6 Å². The highest BCUT2D eigenvalue weighted by Gasteiger charge is 2.41. The number of carbonyl (C=O) groups is 1. The number of nitrogens with zero attached hydrogens (tertiary/aromatic N) is 1. The average molecular weight is 262 g/mol. The van der Waals surface area contributed by atoms with Crippen molar-refractivity contribution in [3.8, 4) is 0 Å². The van der Waals surface area contributed by atoms with Crippen LogP contribution < -0.4 is 5.73 Å². The minimum absolute atomic E-state index is 0.0173. The zero-order valence-corrected chi connectivity index (χ0v) is 10.4. The highest BCUT2D eigenvalue weighted by Crippen LogP contribution is 2.35. The lowest BCUT2D eigenvalue weighted by atomic mass is 9.98. The van der Waals surface area contributed by atoms with Crippen LogP contribution in [0, 0.1) is 0 Å². The third-order valence-corrected chi connectivity index (χ3v) is 3.76. The first-order chi connectivity index (χ1) is 8.58. The molecule has 18 heavy (non-hydrogen) atoms. The number of amides is 1. The summed E-state index contributed by atoms with van der Waals surface area (Å²) in [6, 6.07) is 0.698. The van der Waals surface area contributed by atoms with Gasteiger partial charge in [-0.1, -0.05) is 0 Å². The standard InChI is InChI=1S/C12H20F2N2O2/c13-11(14)7-18-4-3-12(17)16-9-1-2-10(16)6-8(15)5-9/h8-11H,1-7,15H2. The van der Waals surface area contributed by atoms with E-state index < -0.39 is 13.0 Å². The summed E-state index contributed by atoms with van der Waals surface area (Å²) in [5, 5.41) is 0. The highest BCUT2D eigenvalue weighted by molar-refractivity contribution is 5.77. The van der Waals surface area contributed by atoms with Crippen molar-refractivity contribution in [1.29, 1.82) is 0 Å². The smallest absolute Gasteiger partial charge is 0.261 e. The molecule has 0 aromatic heterocycles. The Morgan fingerprint density at radius 3 is 2.50 bits per heavy atom. The Balaban J connectivity index is 1.76. The van der Waals surface area contributed by atoms with Gasteiger partial charge in [-0.2, -0.15) is 0 Å². The number of piperidine rings is 1. The van der Waals surface area contributed by atoms with E-state index in [4.69, 9.17) is 10.5 Å². The molecule has 2 heterocycles. The van der Waals surface area contributed by atoms with E-state index in [9.17, 15) is 13.6 Å². The molecule has 0 aromatic carbocycles. The van der Waals surface area contributed by atoms with Crippen molar-refractivity contribution in [2.24, 2.45) is 5.73 Å². The monoisotopic (exact) mass is 262 g/mol. The van der Waals surface area contributed by atoms with Crippen molar-refractivity contribution in [1.82, 2.24) is 4.90 Å². The van der Waals surface area contributed by atoms with Gasteiger partial charge in [0.05, 0.1) is 13.0 Å². The Morgan fingerprint density at radius 1 is 1.33 bits per heavy atom. The summed E-state index contributed by atoms with van der Waals surface area (Å²) >= 11 is 0. The minimum Gasteiger partial charge on any atom is -0.375 e. The van der Waals surface area contributed by atoms with Crippen LogP contribution in [0.15, 0.2) is 0 Å². The van der Waals surface area contributed by atoms with Gasteiger partial charge in [0.15, 0.2) is 0 Å². The molecular weight excluding hydrogens is 242 g/mol. The lowest BCUT2D eigenvalue weighted by molar-refractivity contribution is -0.137. The first-order valence-corrected chi connectivity index (χ1v) is 6.50. The van der Waals surface area contributed by atoms with Crippen molar-refractivity contribution < 1.29 is 18.3 Å². The largest absolute Gasteiger partial charge is 0.375 e. The van der Waals surface area contributed by atoms with Gasteiger partial charge in [0.1, 0.15) is 6.61 Å². The summed E-state index contributed by atoms with van der Waals surface area (Å²) in [5.41, 5.74) is 5.93. The second-order valence-electron chi connectivity index (χ2n) is 5.13. The summed E-state index contributed by atoms with van der Waals surface area (Å²) in [6.07, 6.45) is 1.48. The van der Waals surface area contributed by atoms with Crippen molar-refractivity contribution >= 4 is 5.91 Å². The predicted octanol–water partition coefficient (Wildman–Crippen LogP) is 1.14. The molecule has 6 heteroatoms. The molecule has 2 saturated heterocycles. The minimum atomic E-state index is -2.47. The first-order valence-electron chi connectivity index (χ1n) is 6.50. The van der Waals surface area contributed by atoms with Gasteiger partial charge in [-0.05, 0) is 25.7 Å². The van der Waals surface area contributed by atoms with Crippen molar-refractivity contribution in [2.45, 2.75) is 56.7 Å². The fraction of sp³-hybridized carbons (Fsp3) is 0.917. The van der Waals surface area contributed by atoms with E-state index in [-0.39, 0.29) is 37.1 Å². The lowest BCUT2D eigenvalue weighted by Crippen LogP contribution is -2.50. The summed E-state index contributed by atoms with van der Waals surface area (Å²) in [5.74, 6) is 0.0173. The summed E-state index contributed by atoms with van der Waals surface area (Å²) in [7, 11) is 0. The Hall–Kier alpha value is -0.750. The number of carbonyl (C=O) groups excluding carboxylic acids is 1. The van der Waals surface area contributed by atoms with Crippen LogP contribution in [0.25, 0.3) is 0 Å². The number of hydrogen-bond acceptors (Lipinski definition) is 3. The highest BCUT2D eigenvalue weighted by atomic mass is 19.3. The molecule has 104 valence electrons. The zero-order valence-electron chi connectivity index (χ0n) is 10.4. The molecule has 2 N–H and O–H groups in total. The van der Waals surface area contributed by atoms with Crippen LogP contribution in [0.5, 0.6) is 0 Å². The van der Waals surface area contributed by atoms with Gasteiger partial charge in [0, 0.05) is 18.1 Å². The third kappa shape index (κ3) is 3.17. The molecule has 0 aromatic rings. The number of halogens is 2. The van der Waals surface area contributed by atoms with Crippen LogP contribution in [-0.4, -0.2) is 48.6 Å². The Kier molecular flexibility index (Phi) is 4.50. The maximum absolute atomic E-state index is 12.0. The Morgan fingerprint density at radius 2 is 1.94 bits per heavy atom. The van der Waals surface area contributed by atoms with Crippen LogP contribution in [0.4, 0.5) is 8.78 Å². The molecule has 2 atom stereocenters. The number of rotatable bonds is 5. The Bertz CT molecular complexity index is 288. The number of nitrogens with two attached hydrogens (primary N) is 1. The summed E-state index contributed by atoms with van der Waals surface area (Å²) in [4.78, 5) is 13.9. The molecule has 2 aliphatic rings. The molecule has 2 fully saturated rings. The molecule has 0 aliphatic carbocycles. The van der Waals surface area contributed by atoms with Gasteiger partial charge in [-0.3, -0.25) is 4.79 Å². The second kappa shape index (κ2) is 5.93. The van der Waals surface area contributed by atoms with E-state index in [1.807, 2.05) is 4.90 Å². The summed E-state index contributed by atoms with van der Waals surface area (Å²) < 4.78 is 28.5. The van der Waals surface area contributed by atoms with Crippen LogP contribution >= 0.6 is 0 Å². The normalized spacial score (nSPS) is 31.1. The van der Waals surface area contributed by atoms with Gasteiger partial charge in [0.2, 0.25) is 5.91 Å². The van der Waals surface area contributed by atoms with E-state index in [2.05, 4.69) is 0 Å². The zero-order chi connectivity index (χ0) is 13.1. The number of hydrogen-bond donors (Lipinski definition) is 1. The van der Waals surface area contributed by atoms with Crippen LogP contribution in [0.2, 0.25) is 0 Å². The quantitative estimate of drug-likeness (QED) is 0.756. The summed E-state index contributed by atoms with van der Waals surface area (Å²) in [6.45, 7) is -0.518. The van der Waals surface area contributed by atoms with Gasteiger partial charge >= 0.3 is 0 Å². The molecule has 2 rings (SSSR count). The average Bonchev–Trinajstić information content (AvgIpc) is 2.57. The number of ether oxygens (including phenoxy) is 1. The maximum Gasteiger partial charge on any atom is 0.261 e. The fourth-order valence-corrected chi connectivity index (χ4v) is 3.09. The second-order valence-corrected chi connectivity index (χ2v) is 5.13. The van der Waals surface area contributed by atoms with E-state index >= 15 is 0 Å². The van der Waals surface area contributed by atoms with E-state index in [0.717, 1.165) is 25.7 Å². The van der Waals surface area contributed by atoms with E-state index in [1.165, 1.54) is 0 Å². The molecule has 1 amide bonds. The molecule has 2 unspecified atom stereocenters. The van der Waals surface area contributed by atoms with Crippen LogP contribution in [0.1, 0.15) is 32.1 Å². The van der Waals surface area contributed by atoms with E-state index in [0.29, 0.717) is 0 Å². The third-order valence-electron chi connectivity index (χ3n) is 3.76. The van der Waals surface area contributed by atoms with Gasteiger partial charge in [-0.25, -0.2) is 8.78 Å². The molecule has 2 aliphatic heterocycles. The van der Waals surface area contributed by atoms with Crippen molar-refractivity contribution in [3.05, 3.63) is 0 Å².